The Balaban J connectivity index is 2.55. The number of ether oxygens (including phenoxy) is 1. The van der Waals surface area contributed by atoms with Gasteiger partial charge < -0.3 is 15.4 Å². The van der Waals surface area contributed by atoms with Crippen LogP contribution in [0.25, 0.3) is 0 Å². The van der Waals surface area contributed by atoms with Crippen molar-refractivity contribution in [3.8, 4) is 0 Å². The fourth-order valence-electron chi connectivity index (χ4n) is 1.87. The van der Waals surface area contributed by atoms with Crippen molar-refractivity contribution in [3.05, 3.63) is 12.7 Å². The van der Waals surface area contributed by atoms with Crippen LogP contribution in [0.2, 0.25) is 0 Å². The van der Waals surface area contributed by atoms with Crippen LogP contribution >= 0.6 is 0 Å². The largest absolute Gasteiger partial charge is 0.444 e. The van der Waals surface area contributed by atoms with E-state index >= 15 is 0 Å². The summed E-state index contributed by atoms with van der Waals surface area (Å²) in [6, 6.07) is 0. The van der Waals surface area contributed by atoms with Gasteiger partial charge in [-0.15, -0.1) is 6.58 Å². The molecular weight excluding hydrogens is 204 g/mol. The van der Waals surface area contributed by atoms with Gasteiger partial charge in [-0.3, -0.25) is 0 Å². The minimum absolute atomic E-state index is 0.218. The third-order valence-electron chi connectivity index (χ3n) is 2.54. The van der Waals surface area contributed by atoms with Crippen molar-refractivity contribution >= 4 is 6.09 Å². The van der Waals surface area contributed by atoms with E-state index in [0.29, 0.717) is 0 Å². The predicted molar refractivity (Wildman–Crippen MR) is 64.4 cm³/mol. The lowest BCUT2D eigenvalue weighted by Gasteiger charge is -2.30. The molecule has 0 aromatic heterocycles. The van der Waals surface area contributed by atoms with E-state index in [4.69, 9.17) is 4.74 Å². The van der Waals surface area contributed by atoms with Crippen molar-refractivity contribution < 1.29 is 9.53 Å². The summed E-state index contributed by atoms with van der Waals surface area (Å²) in [6.07, 6.45) is 3.17. The molecule has 4 nitrogen and oxygen atoms in total. The van der Waals surface area contributed by atoms with E-state index < -0.39 is 5.60 Å². The molecule has 0 aromatic rings. The van der Waals surface area contributed by atoms with Crippen LogP contribution in [-0.2, 0) is 4.74 Å². The monoisotopic (exact) mass is 226 g/mol. The molecule has 2 N–H and O–H groups in total. The van der Waals surface area contributed by atoms with Crippen LogP contribution in [0.15, 0.2) is 12.7 Å². The molecule has 0 aliphatic carbocycles. The number of hydrogen-bond acceptors (Lipinski definition) is 3. The molecule has 1 rings (SSSR count). The molecular formula is C12H22N2O2. The van der Waals surface area contributed by atoms with Gasteiger partial charge in [0, 0.05) is 6.54 Å². The van der Waals surface area contributed by atoms with E-state index in [2.05, 4.69) is 17.2 Å². The average molecular weight is 226 g/mol. The van der Waals surface area contributed by atoms with Crippen molar-refractivity contribution in [2.24, 2.45) is 0 Å². The molecule has 1 saturated heterocycles. The van der Waals surface area contributed by atoms with E-state index in [1.807, 2.05) is 26.8 Å². The van der Waals surface area contributed by atoms with Gasteiger partial charge in [-0.25, -0.2) is 4.79 Å². The smallest absolute Gasteiger partial charge is 0.408 e. The lowest BCUT2D eigenvalue weighted by Crippen LogP contribution is -2.51. The van der Waals surface area contributed by atoms with Gasteiger partial charge in [0.25, 0.3) is 0 Å². The fraction of sp³-hybridized carbons (Fsp3) is 0.750. The van der Waals surface area contributed by atoms with Crippen LogP contribution in [0, 0.1) is 0 Å². The summed E-state index contributed by atoms with van der Waals surface area (Å²) >= 11 is 0. The molecule has 1 atom stereocenters. The van der Waals surface area contributed by atoms with Crippen LogP contribution in [0.1, 0.15) is 33.6 Å². The molecule has 0 saturated carbocycles. The number of carbonyl (C=O) groups is 1. The molecule has 1 amide bonds. The first-order chi connectivity index (χ1) is 7.37. The van der Waals surface area contributed by atoms with Gasteiger partial charge in [0.05, 0.1) is 5.54 Å². The van der Waals surface area contributed by atoms with Gasteiger partial charge in [0.15, 0.2) is 0 Å². The molecule has 92 valence electrons. The van der Waals surface area contributed by atoms with E-state index in [1.165, 1.54) is 0 Å². The Kier molecular flexibility index (Phi) is 3.97. The van der Waals surface area contributed by atoms with E-state index in [0.717, 1.165) is 25.9 Å². The van der Waals surface area contributed by atoms with Crippen LogP contribution in [0.3, 0.4) is 0 Å². The summed E-state index contributed by atoms with van der Waals surface area (Å²) in [5.74, 6) is 0. The van der Waals surface area contributed by atoms with Crippen molar-refractivity contribution in [1.29, 1.82) is 0 Å². The van der Waals surface area contributed by atoms with E-state index in [9.17, 15) is 4.79 Å². The zero-order valence-corrected chi connectivity index (χ0v) is 10.4. The summed E-state index contributed by atoms with van der Waals surface area (Å²) in [5, 5.41) is 6.20. The standard InChI is InChI=1S/C12H22N2O2/c1-5-6-12(7-8-13-9-12)14-10(15)16-11(2,3)4/h5,13H,1,6-9H2,2-4H3,(H,14,15). The van der Waals surface area contributed by atoms with E-state index in [1.54, 1.807) is 0 Å². The van der Waals surface area contributed by atoms with Gasteiger partial charge in [-0.2, -0.15) is 0 Å². The van der Waals surface area contributed by atoms with Crippen molar-refractivity contribution in [2.75, 3.05) is 13.1 Å². The van der Waals surface area contributed by atoms with Gasteiger partial charge >= 0.3 is 6.09 Å². The highest BCUT2D eigenvalue weighted by Crippen LogP contribution is 2.20. The molecule has 0 aromatic carbocycles. The second kappa shape index (κ2) is 4.87. The maximum atomic E-state index is 11.7. The summed E-state index contributed by atoms with van der Waals surface area (Å²) in [5.41, 5.74) is -0.671. The lowest BCUT2D eigenvalue weighted by molar-refractivity contribution is 0.0464. The van der Waals surface area contributed by atoms with Crippen LogP contribution in [-0.4, -0.2) is 30.3 Å². The number of hydrogen-bond donors (Lipinski definition) is 2. The number of alkyl carbamates (subject to hydrolysis) is 1. The highest BCUT2D eigenvalue weighted by Gasteiger charge is 2.35. The molecule has 1 fully saturated rings. The molecule has 0 bridgehead atoms. The Labute approximate surface area is 97.4 Å². The van der Waals surface area contributed by atoms with Crippen LogP contribution in [0.4, 0.5) is 4.79 Å². The quantitative estimate of drug-likeness (QED) is 0.722. The van der Waals surface area contributed by atoms with Crippen molar-refractivity contribution in [3.63, 3.8) is 0 Å². The van der Waals surface area contributed by atoms with Gasteiger partial charge in [-0.1, -0.05) is 6.08 Å². The molecule has 1 aliphatic heterocycles. The zero-order valence-electron chi connectivity index (χ0n) is 10.4. The maximum absolute atomic E-state index is 11.7. The van der Waals surface area contributed by atoms with Gasteiger partial charge in [0.2, 0.25) is 0 Å². The highest BCUT2D eigenvalue weighted by atomic mass is 16.6. The Morgan fingerprint density at radius 2 is 2.31 bits per heavy atom. The highest BCUT2D eigenvalue weighted by molar-refractivity contribution is 5.69. The molecule has 1 aliphatic rings. The Morgan fingerprint density at radius 3 is 2.75 bits per heavy atom. The fourth-order valence-corrected chi connectivity index (χ4v) is 1.87. The second-order valence-corrected chi connectivity index (χ2v) is 5.33. The number of carbonyl (C=O) groups excluding carboxylic acids is 1. The van der Waals surface area contributed by atoms with E-state index in [-0.39, 0.29) is 11.6 Å². The molecule has 0 spiro atoms. The zero-order chi connectivity index (χ0) is 12.2. The average Bonchev–Trinajstić information content (AvgIpc) is 2.49. The number of amides is 1. The topological polar surface area (TPSA) is 50.4 Å². The van der Waals surface area contributed by atoms with Crippen molar-refractivity contribution in [2.45, 2.75) is 44.8 Å². The maximum Gasteiger partial charge on any atom is 0.408 e. The molecule has 0 radical (unpaired) electrons. The first-order valence-corrected chi connectivity index (χ1v) is 5.70. The van der Waals surface area contributed by atoms with Gasteiger partial charge in [-0.05, 0) is 40.2 Å². The van der Waals surface area contributed by atoms with Crippen LogP contribution in [0.5, 0.6) is 0 Å². The summed E-state index contributed by atoms with van der Waals surface area (Å²) < 4.78 is 5.26. The predicted octanol–water partition coefficient (Wildman–Crippen LogP) is 1.82. The molecule has 1 heterocycles. The Hall–Kier alpha value is -1.03. The molecule has 1 unspecified atom stereocenters. The third-order valence-corrected chi connectivity index (χ3v) is 2.54. The number of rotatable bonds is 3. The summed E-state index contributed by atoms with van der Waals surface area (Å²) in [7, 11) is 0. The summed E-state index contributed by atoms with van der Waals surface area (Å²) in [6.45, 7) is 11.0. The Bertz CT molecular complexity index is 263. The third kappa shape index (κ3) is 3.85. The SMILES string of the molecule is C=CCC1(NC(=O)OC(C)(C)C)CCNC1. The minimum atomic E-state index is -0.453. The van der Waals surface area contributed by atoms with Crippen molar-refractivity contribution in [1.82, 2.24) is 10.6 Å². The second-order valence-electron chi connectivity index (χ2n) is 5.33. The number of nitrogens with one attached hydrogen (secondary N) is 2. The lowest BCUT2D eigenvalue weighted by atomic mass is 9.94. The first-order valence-electron chi connectivity index (χ1n) is 5.70. The molecule has 4 heteroatoms. The minimum Gasteiger partial charge on any atom is -0.444 e. The normalized spacial score (nSPS) is 25.2. The first kappa shape index (κ1) is 13.0. The summed E-state index contributed by atoms with van der Waals surface area (Å²) in [4.78, 5) is 11.7. The Morgan fingerprint density at radius 1 is 1.62 bits per heavy atom. The van der Waals surface area contributed by atoms with Gasteiger partial charge in [0.1, 0.15) is 5.60 Å². The molecule has 16 heavy (non-hydrogen) atoms. The van der Waals surface area contributed by atoms with Crippen LogP contribution < -0.4 is 10.6 Å².